The molecule has 0 aromatic heterocycles. The smallest absolute Gasteiger partial charge is 0.410 e. The van der Waals surface area contributed by atoms with E-state index in [-0.39, 0.29) is 11.7 Å². The van der Waals surface area contributed by atoms with E-state index < -0.39 is 0 Å². The van der Waals surface area contributed by atoms with Crippen LogP contribution in [-0.2, 0) is 16.1 Å². The fourth-order valence-electron chi connectivity index (χ4n) is 2.24. The van der Waals surface area contributed by atoms with Gasteiger partial charge in [0.15, 0.2) is 0 Å². The number of carbonyl (C=O) groups is 1. The fraction of sp³-hybridized carbons (Fsp3) is 0.500. The predicted octanol–water partition coefficient (Wildman–Crippen LogP) is 1.37. The molecule has 2 rings (SSSR count). The van der Waals surface area contributed by atoms with Gasteiger partial charge in [-0.05, 0) is 18.5 Å². The standard InChI is InChI=1S/C14H20N2O3/c1-18-14(7-8-15)10-16(11-14)13(17)19-9-12-5-3-2-4-6-12/h2-6H,7-11,15H2,1H3. The van der Waals surface area contributed by atoms with Crippen molar-refractivity contribution in [2.75, 3.05) is 26.7 Å². The van der Waals surface area contributed by atoms with E-state index in [4.69, 9.17) is 15.2 Å². The van der Waals surface area contributed by atoms with Crippen molar-refractivity contribution in [3.8, 4) is 0 Å². The average Bonchev–Trinajstić information content (AvgIpc) is 2.41. The molecule has 1 aliphatic heterocycles. The van der Waals surface area contributed by atoms with Gasteiger partial charge in [-0.3, -0.25) is 0 Å². The summed E-state index contributed by atoms with van der Waals surface area (Å²) in [5.74, 6) is 0. The van der Waals surface area contributed by atoms with Crippen molar-refractivity contribution in [1.29, 1.82) is 0 Å². The number of likely N-dealkylation sites (tertiary alicyclic amines) is 1. The molecule has 0 bridgehead atoms. The minimum atomic E-state index is -0.298. The summed E-state index contributed by atoms with van der Waals surface area (Å²) in [4.78, 5) is 13.5. The Morgan fingerprint density at radius 3 is 2.63 bits per heavy atom. The highest BCUT2D eigenvalue weighted by atomic mass is 16.6. The van der Waals surface area contributed by atoms with Crippen LogP contribution in [0.1, 0.15) is 12.0 Å². The highest BCUT2D eigenvalue weighted by Gasteiger charge is 2.45. The van der Waals surface area contributed by atoms with E-state index in [2.05, 4.69) is 0 Å². The summed E-state index contributed by atoms with van der Waals surface area (Å²) in [7, 11) is 1.66. The Hall–Kier alpha value is -1.59. The second kappa shape index (κ2) is 6.04. The Balaban J connectivity index is 1.77. The lowest BCUT2D eigenvalue weighted by Gasteiger charge is -2.48. The van der Waals surface area contributed by atoms with Crippen LogP contribution >= 0.6 is 0 Å². The number of ether oxygens (including phenoxy) is 2. The topological polar surface area (TPSA) is 64.8 Å². The Kier molecular flexibility index (Phi) is 4.39. The van der Waals surface area contributed by atoms with Crippen molar-refractivity contribution in [2.24, 2.45) is 5.73 Å². The minimum absolute atomic E-state index is 0.277. The summed E-state index contributed by atoms with van der Waals surface area (Å²) < 4.78 is 10.7. The number of hydrogen-bond donors (Lipinski definition) is 1. The monoisotopic (exact) mass is 264 g/mol. The van der Waals surface area contributed by atoms with Crippen LogP contribution in [0.4, 0.5) is 4.79 Å². The molecule has 0 saturated carbocycles. The molecule has 1 fully saturated rings. The van der Waals surface area contributed by atoms with Gasteiger partial charge in [-0.2, -0.15) is 0 Å². The zero-order chi connectivity index (χ0) is 13.7. The normalized spacial score (nSPS) is 16.8. The maximum absolute atomic E-state index is 11.8. The summed E-state index contributed by atoms with van der Waals surface area (Å²) in [6.45, 7) is 1.95. The van der Waals surface area contributed by atoms with Gasteiger partial charge in [0.2, 0.25) is 0 Å². The van der Waals surface area contributed by atoms with Gasteiger partial charge in [0.25, 0.3) is 0 Å². The summed E-state index contributed by atoms with van der Waals surface area (Å²) in [5, 5.41) is 0. The molecule has 1 aromatic carbocycles. The van der Waals surface area contributed by atoms with Crippen molar-refractivity contribution < 1.29 is 14.3 Å². The molecule has 0 aliphatic carbocycles. The third kappa shape index (κ3) is 3.24. The molecule has 0 radical (unpaired) electrons. The van der Waals surface area contributed by atoms with Crippen molar-refractivity contribution in [2.45, 2.75) is 18.6 Å². The minimum Gasteiger partial charge on any atom is -0.445 e. The molecular weight excluding hydrogens is 244 g/mol. The number of rotatable bonds is 5. The lowest BCUT2D eigenvalue weighted by molar-refractivity contribution is -0.118. The van der Waals surface area contributed by atoms with E-state index in [1.54, 1.807) is 12.0 Å². The molecule has 1 saturated heterocycles. The van der Waals surface area contributed by atoms with Crippen molar-refractivity contribution >= 4 is 6.09 Å². The van der Waals surface area contributed by atoms with Gasteiger partial charge in [-0.1, -0.05) is 30.3 Å². The van der Waals surface area contributed by atoms with Gasteiger partial charge in [0.05, 0.1) is 13.1 Å². The van der Waals surface area contributed by atoms with Crippen molar-refractivity contribution in [3.63, 3.8) is 0 Å². The van der Waals surface area contributed by atoms with E-state index in [1.807, 2.05) is 30.3 Å². The lowest BCUT2D eigenvalue weighted by atomic mass is 9.90. The quantitative estimate of drug-likeness (QED) is 0.872. The van der Waals surface area contributed by atoms with E-state index >= 15 is 0 Å². The average molecular weight is 264 g/mol. The molecule has 5 heteroatoms. The highest BCUT2D eigenvalue weighted by Crippen LogP contribution is 2.28. The number of nitrogens with zero attached hydrogens (tertiary/aromatic N) is 1. The summed E-state index contributed by atoms with van der Waals surface area (Å²) in [5.41, 5.74) is 6.25. The maximum atomic E-state index is 11.8. The first-order valence-electron chi connectivity index (χ1n) is 6.40. The SMILES string of the molecule is COC1(CCN)CN(C(=O)OCc2ccccc2)C1. The first kappa shape index (κ1) is 13.8. The van der Waals surface area contributed by atoms with Crippen LogP contribution in [0.25, 0.3) is 0 Å². The Labute approximate surface area is 113 Å². The van der Waals surface area contributed by atoms with Crippen LogP contribution in [0.15, 0.2) is 30.3 Å². The van der Waals surface area contributed by atoms with Crippen LogP contribution in [0.3, 0.4) is 0 Å². The predicted molar refractivity (Wildman–Crippen MR) is 71.6 cm³/mol. The number of methoxy groups -OCH3 is 1. The van der Waals surface area contributed by atoms with E-state index in [9.17, 15) is 4.79 Å². The number of amides is 1. The van der Waals surface area contributed by atoms with E-state index in [0.29, 0.717) is 26.2 Å². The summed E-state index contributed by atoms with van der Waals surface area (Å²) in [6.07, 6.45) is 0.458. The molecule has 1 aromatic rings. The number of benzene rings is 1. The van der Waals surface area contributed by atoms with Gasteiger partial charge in [0, 0.05) is 7.11 Å². The molecule has 1 heterocycles. The fourth-order valence-corrected chi connectivity index (χ4v) is 2.24. The second-order valence-corrected chi connectivity index (χ2v) is 4.82. The van der Waals surface area contributed by atoms with Crippen molar-refractivity contribution in [1.82, 2.24) is 4.90 Å². The second-order valence-electron chi connectivity index (χ2n) is 4.82. The molecule has 0 spiro atoms. The summed E-state index contributed by atoms with van der Waals surface area (Å²) in [6, 6.07) is 9.63. The number of nitrogens with two attached hydrogens (primary N) is 1. The van der Waals surface area contributed by atoms with Crippen LogP contribution in [0.5, 0.6) is 0 Å². The van der Waals surface area contributed by atoms with Crippen LogP contribution in [0.2, 0.25) is 0 Å². The van der Waals surface area contributed by atoms with Crippen LogP contribution in [-0.4, -0.2) is 43.3 Å². The third-order valence-electron chi connectivity index (χ3n) is 3.45. The zero-order valence-corrected chi connectivity index (χ0v) is 11.2. The Morgan fingerprint density at radius 1 is 1.37 bits per heavy atom. The molecule has 1 amide bonds. The molecule has 0 unspecified atom stereocenters. The van der Waals surface area contributed by atoms with E-state index in [0.717, 1.165) is 12.0 Å². The Bertz CT molecular complexity index is 416. The first-order valence-corrected chi connectivity index (χ1v) is 6.40. The molecule has 0 atom stereocenters. The van der Waals surface area contributed by atoms with Gasteiger partial charge in [0.1, 0.15) is 12.2 Å². The third-order valence-corrected chi connectivity index (χ3v) is 3.45. The molecule has 2 N–H and O–H groups in total. The Morgan fingerprint density at radius 2 is 2.05 bits per heavy atom. The number of hydrogen-bond acceptors (Lipinski definition) is 4. The van der Waals surface area contributed by atoms with Gasteiger partial charge < -0.3 is 20.1 Å². The van der Waals surface area contributed by atoms with Crippen LogP contribution in [0, 0.1) is 0 Å². The van der Waals surface area contributed by atoms with Crippen LogP contribution < -0.4 is 5.73 Å². The maximum Gasteiger partial charge on any atom is 0.410 e. The summed E-state index contributed by atoms with van der Waals surface area (Å²) >= 11 is 0. The number of carbonyl (C=O) groups excluding carboxylic acids is 1. The van der Waals surface area contributed by atoms with Gasteiger partial charge >= 0.3 is 6.09 Å². The van der Waals surface area contributed by atoms with Gasteiger partial charge in [-0.25, -0.2) is 4.79 Å². The molecule has 5 nitrogen and oxygen atoms in total. The van der Waals surface area contributed by atoms with Crippen molar-refractivity contribution in [3.05, 3.63) is 35.9 Å². The molecule has 1 aliphatic rings. The molecular formula is C14H20N2O3. The largest absolute Gasteiger partial charge is 0.445 e. The lowest BCUT2D eigenvalue weighted by Crippen LogP contribution is -2.65. The van der Waals surface area contributed by atoms with Gasteiger partial charge in [-0.15, -0.1) is 0 Å². The van der Waals surface area contributed by atoms with E-state index in [1.165, 1.54) is 0 Å². The molecule has 104 valence electrons. The zero-order valence-electron chi connectivity index (χ0n) is 11.2. The highest BCUT2D eigenvalue weighted by molar-refractivity contribution is 5.69. The molecule has 19 heavy (non-hydrogen) atoms. The first-order chi connectivity index (χ1) is 9.19.